The summed E-state index contributed by atoms with van der Waals surface area (Å²) in [5.74, 6) is 2.73. The lowest BCUT2D eigenvalue weighted by Gasteiger charge is -2.25. The van der Waals surface area contributed by atoms with Gasteiger partial charge in [0, 0.05) is 36.3 Å². The number of aromatic nitrogens is 2. The van der Waals surface area contributed by atoms with Crippen LogP contribution in [0.25, 0.3) is 0 Å². The van der Waals surface area contributed by atoms with Gasteiger partial charge in [0.15, 0.2) is 0 Å². The van der Waals surface area contributed by atoms with Crippen LogP contribution in [-0.2, 0) is 6.54 Å². The summed E-state index contributed by atoms with van der Waals surface area (Å²) in [4.78, 5) is 0. The van der Waals surface area contributed by atoms with Crippen molar-refractivity contribution in [2.24, 2.45) is 0 Å². The van der Waals surface area contributed by atoms with Gasteiger partial charge in [-0.05, 0) is 42.9 Å². The molecule has 0 bridgehead atoms. The zero-order valence-corrected chi connectivity index (χ0v) is 15.1. The van der Waals surface area contributed by atoms with E-state index in [1.165, 1.54) is 5.56 Å². The summed E-state index contributed by atoms with van der Waals surface area (Å²) in [6.07, 6.45) is 4.59. The standard InChI is InChI=1S/C18H25N3O2S/c1-14(19-12-18(22)6-9-24-13-18)15-4-5-17(23-2)16(10-15)11-21-8-3-7-20-21/h3-5,7-8,10,14,19,22H,6,9,11-13H2,1-2H3/t14-,18-/m1/s1. The third kappa shape index (κ3) is 4.12. The molecule has 0 unspecified atom stereocenters. The SMILES string of the molecule is COc1ccc([C@@H](C)NC[C@]2(O)CCSC2)cc1Cn1cccn1. The average molecular weight is 347 g/mol. The maximum absolute atomic E-state index is 10.5. The van der Waals surface area contributed by atoms with Crippen molar-refractivity contribution in [1.29, 1.82) is 0 Å². The molecule has 0 amide bonds. The lowest BCUT2D eigenvalue weighted by atomic mass is 10.0. The fourth-order valence-electron chi connectivity index (χ4n) is 2.96. The molecule has 1 aliphatic heterocycles. The molecule has 0 aliphatic carbocycles. The third-order valence-corrected chi connectivity index (χ3v) is 5.75. The number of hydrogen-bond acceptors (Lipinski definition) is 5. The average Bonchev–Trinajstić information content (AvgIpc) is 3.25. The fourth-order valence-corrected chi connectivity index (χ4v) is 4.25. The summed E-state index contributed by atoms with van der Waals surface area (Å²) in [5, 5.41) is 18.2. The summed E-state index contributed by atoms with van der Waals surface area (Å²) in [5.41, 5.74) is 1.72. The Bertz CT molecular complexity index is 654. The molecule has 1 fully saturated rings. The van der Waals surface area contributed by atoms with Gasteiger partial charge in [-0.3, -0.25) is 4.68 Å². The highest BCUT2D eigenvalue weighted by molar-refractivity contribution is 7.99. The van der Waals surface area contributed by atoms with Crippen molar-refractivity contribution in [3.05, 3.63) is 47.8 Å². The van der Waals surface area contributed by atoms with Crippen LogP contribution in [0.5, 0.6) is 5.75 Å². The summed E-state index contributed by atoms with van der Waals surface area (Å²) in [6.45, 7) is 3.43. The molecule has 0 saturated carbocycles. The Balaban J connectivity index is 1.70. The summed E-state index contributed by atoms with van der Waals surface area (Å²) < 4.78 is 7.37. The van der Waals surface area contributed by atoms with E-state index in [0.717, 1.165) is 29.2 Å². The quantitative estimate of drug-likeness (QED) is 0.806. The molecular formula is C18H25N3O2S. The molecule has 2 heterocycles. The maximum Gasteiger partial charge on any atom is 0.123 e. The van der Waals surface area contributed by atoms with Crippen LogP contribution in [0.4, 0.5) is 0 Å². The molecule has 0 radical (unpaired) electrons. The number of methoxy groups -OCH3 is 1. The van der Waals surface area contributed by atoms with Gasteiger partial charge in [-0.15, -0.1) is 0 Å². The Morgan fingerprint density at radius 3 is 3.04 bits per heavy atom. The van der Waals surface area contributed by atoms with E-state index in [0.29, 0.717) is 13.1 Å². The van der Waals surface area contributed by atoms with Crippen molar-refractivity contribution in [2.75, 3.05) is 25.2 Å². The summed E-state index contributed by atoms with van der Waals surface area (Å²) in [7, 11) is 1.69. The van der Waals surface area contributed by atoms with Crippen LogP contribution in [0.1, 0.15) is 30.5 Å². The Kier molecular flexibility index (Phi) is 5.48. The second-order valence-corrected chi connectivity index (χ2v) is 7.51. The number of thioether (sulfide) groups is 1. The minimum atomic E-state index is -0.566. The van der Waals surface area contributed by atoms with E-state index in [4.69, 9.17) is 4.74 Å². The van der Waals surface area contributed by atoms with E-state index >= 15 is 0 Å². The number of nitrogens with one attached hydrogen (secondary N) is 1. The molecule has 130 valence electrons. The van der Waals surface area contributed by atoms with Crippen LogP contribution in [0.2, 0.25) is 0 Å². The highest BCUT2D eigenvalue weighted by Crippen LogP contribution is 2.28. The third-order valence-electron chi connectivity index (χ3n) is 4.52. The van der Waals surface area contributed by atoms with Crippen LogP contribution in [0.15, 0.2) is 36.7 Å². The lowest BCUT2D eigenvalue weighted by Crippen LogP contribution is -2.41. The molecule has 1 aromatic heterocycles. The predicted molar refractivity (Wildman–Crippen MR) is 97.6 cm³/mol. The number of aliphatic hydroxyl groups is 1. The van der Waals surface area contributed by atoms with E-state index in [1.54, 1.807) is 13.3 Å². The molecule has 2 N–H and O–H groups in total. The van der Waals surface area contributed by atoms with Gasteiger partial charge in [-0.1, -0.05) is 6.07 Å². The number of nitrogens with zero attached hydrogens (tertiary/aromatic N) is 2. The van der Waals surface area contributed by atoms with Crippen molar-refractivity contribution in [1.82, 2.24) is 15.1 Å². The minimum absolute atomic E-state index is 0.168. The Hall–Kier alpha value is -1.50. The second kappa shape index (κ2) is 7.59. The van der Waals surface area contributed by atoms with Crippen LogP contribution < -0.4 is 10.1 Å². The zero-order chi connectivity index (χ0) is 17.0. The van der Waals surface area contributed by atoms with Gasteiger partial charge in [0.05, 0.1) is 19.3 Å². The van der Waals surface area contributed by atoms with Crippen molar-refractivity contribution in [3.8, 4) is 5.75 Å². The molecule has 24 heavy (non-hydrogen) atoms. The topological polar surface area (TPSA) is 59.3 Å². The van der Waals surface area contributed by atoms with Gasteiger partial charge >= 0.3 is 0 Å². The summed E-state index contributed by atoms with van der Waals surface area (Å²) in [6, 6.07) is 8.33. The Morgan fingerprint density at radius 2 is 2.38 bits per heavy atom. The van der Waals surface area contributed by atoms with Gasteiger partial charge in [0.1, 0.15) is 5.75 Å². The maximum atomic E-state index is 10.5. The second-order valence-electron chi connectivity index (χ2n) is 6.40. The molecule has 2 aromatic rings. The van der Waals surface area contributed by atoms with Gasteiger partial charge in [0.25, 0.3) is 0 Å². The highest BCUT2D eigenvalue weighted by atomic mass is 32.2. The molecule has 6 heteroatoms. The first-order valence-corrected chi connectivity index (χ1v) is 9.43. The van der Waals surface area contributed by atoms with E-state index in [-0.39, 0.29) is 6.04 Å². The van der Waals surface area contributed by atoms with Crippen LogP contribution >= 0.6 is 11.8 Å². The molecular weight excluding hydrogens is 322 g/mol. The first kappa shape index (κ1) is 17.3. The Morgan fingerprint density at radius 1 is 1.50 bits per heavy atom. The fraction of sp³-hybridized carbons (Fsp3) is 0.500. The first-order valence-electron chi connectivity index (χ1n) is 8.27. The van der Waals surface area contributed by atoms with Crippen molar-refractivity contribution >= 4 is 11.8 Å². The molecule has 5 nitrogen and oxygen atoms in total. The Labute approximate surface area is 147 Å². The van der Waals surface area contributed by atoms with Crippen LogP contribution in [-0.4, -0.2) is 45.6 Å². The lowest BCUT2D eigenvalue weighted by molar-refractivity contribution is 0.0651. The molecule has 0 spiro atoms. The number of hydrogen-bond donors (Lipinski definition) is 2. The normalized spacial score (nSPS) is 21.8. The van der Waals surface area contributed by atoms with Crippen molar-refractivity contribution in [3.63, 3.8) is 0 Å². The van der Waals surface area contributed by atoms with Crippen molar-refractivity contribution < 1.29 is 9.84 Å². The number of rotatable bonds is 7. The molecule has 1 aromatic carbocycles. The molecule has 1 aliphatic rings. The van der Waals surface area contributed by atoms with E-state index < -0.39 is 5.60 Å². The van der Waals surface area contributed by atoms with Gasteiger partial charge in [-0.2, -0.15) is 16.9 Å². The van der Waals surface area contributed by atoms with E-state index in [9.17, 15) is 5.11 Å². The largest absolute Gasteiger partial charge is 0.496 e. The predicted octanol–water partition coefficient (Wildman–Crippen LogP) is 2.46. The van der Waals surface area contributed by atoms with Crippen molar-refractivity contribution in [2.45, 2.75) is 31.5 Å². The van der Waals surface area contributed by atoms with E-state index in [2.05, 4.69) is 29.5 Å². The molecule has 1 saturated heterocycles. The number of benzene rings is 1. The smallest absolute Gasteiger partial charge is 0.123 e. The van der Waals surface area contributed by atoms with Gasteiger partial charge < -0.3 is 15.2 Å². The van der Waals surface area contributed by atoms with E-state index in [1.807, 2.05) is 34.8 Å². The van der Waals surface area contributed by atoms with Gasteiger partial charge in [0.2, 0.25) is 0 Å². The number of ether oxygens (including phenoxy) is 1. The molecule has 2 atom stereocenters. The minimum Gasteiger partial charge on any atom is -0.496 e. The van der Waals surface area contributed by atoms with Crippen LogP contribution in [0.3, 0.4) is 0 Å². The monoisotopic (exact) mass is 347 g/mol. The molecule has 3 rings (SSSR count). The van der Waals surface area contributed by atoms with Crippen LogP contribution in [0, 0.1) is 0 Å². The van der Waals surface area contributed by atoms with Gasteiger partial charge in [-0.25, -0.2) is 0 Å². The zero-order valence-electron chi connectivity index (χ0n) is 14.2. The summed E-state index contributed by atoms with van der Waals surface area (Å²) >= 11 is 1.82. The first-order chi connectivity index (χ1) is 11.6. The highest BCUT2D eigenvalue weighted by Gasteiger charge is 2.31.